The third-order valence-corrected chi connectivity index (χ3v) is 6.66. The van der Waals surface area contributed by atoms with Crippen molar-refractivity contribution in [3.8, 4) is 22.1 Å². The topological polar surface area (TPSA) is 57.7 Å². The number of methoxy groups -OCH3 is 1. The van der Waals surface area contributed by atoms with Crippen molar-refractivity contribution >= 4 is 33.7 Å². The van der Waals surface area contributed by atoms with Crippen LogP contribution in [0, 0.1) is 0 Å². The molecule has 1 aliphatic heterocycles. The average Bonchev–Trinajstić information content (AvgIpc) is 3.16. The van der Waals surface area contributed by atoms with Crippen LogP contribution in [0.3, 0.4) is 0 Å². The number of thiazole rings is 1. The summed E-state index contributed by atoms with van der Waals surface area (Å²) in [5.74, 6) is 2.22. The zero-order chi connectivity index (χ0) is 19.5. The van der Waals surface area contributed by atoms with Gasteiger partial charge in [0.1, 0.15) is 16.5 Å². The van der Waals surface area contributed by atoms with E-state index in [0.29, 0.717) is 23.1 Å². The fourth-order valence-electron chi connectivity index (χ4n) is 3.07. The lowest BCUT2D eigenvalue weighted by Crippen LogP contribution is -2.14. The number of fused-ring (bicyclic) bond motifs is 1. The molecule has 0 saturated heterocycles. The van der Waals surface area contributed by atoms with Crippen molar-refractivity contribution in [3.05, 3.63) is 63.6 Å². The molecule has 0 aliphatic carbocycles. The first-order valence-corrected chi connectivity index (χ1v) is 11.3. The first-order chi connectivity index (χ1) is 13.6. The molecule has 2 aromatic carbocycles. The average molecular weight is 436 g/mol. The summed E-state index contributed by atoms with van der Waals surface area (Å²) in [6.45, 7) is 0.645. The Morgan fingerprint density at radius 1 is 1.29 bits per heavy atom. The van der Waals surface area contributed by atoms with Crippen molar-refractivity contribution in [2.45, 2.75) is 18.1 Å². The number of nitrogens with zero attached hydrogens (tertiary/aromatic N) is 1. The van der Waals surface area contributed by atoms with Crippen LogP contribution in [0.2, 0.25) is 5.02 Å². The predicted molar refractivity (Wildman–Crippen MR) is 111 cm³/mol. The van der Waals surface area contributed by atoms with E-state index in [1.807, 2.05) is 41.8 Å². The van der Waals surface area contributed by atoms with E-state index < -0.39 is 10.8 Å². The summed E-state index contributed by atoms with van der Waals surface area (Å²) in [6.07, 6.45) is 0. The van der Waals surface area contributed by atoms with Crippen LogP contribution in [0.4, 0.5) is 0 Å². The second-order valence-corrected chi connectivity index (χ2v) is 8.99. The molecule has 0 spiro atoms. The van der Waals surface area contributed by atoms with Gasteiger partial charge in [-0.15, -0.1) is 11.3 Å². The van der Waals surface area contributed by atoms with Gasteiger partial charge in [-0.2, -0.15) is 0 Å². The molecule has 0 unspecified atom stereocenters. The molecule has 0 bridgehead atoms. The van der Waals surface area contributed by atoms with Crippen LogP contribution >= 0.6 is 22.9 Å². The zero-order valence-corrected chi connectivity index (χ0v) is 17.5. The summed E-state index contributed by atoms with van der Waals surface area (Å²) in [6, 6.07) is 11.4. The minimum atomic E-state index is -1.15. The van der Waals surface area contributed by atoms with E-state index in [2.05, 4.69) is 4.98 Å². The quantitative estimate of drug-likeness (QED) is 0.557. The van der Waals surface area contributed by atoms with Gasteiger partial charge in [-0.05, 0) is 24.3 Å². The first-order valence-electron chi connectivity index (χ1n) is 8.58. The van der Waals surface area contributed by atoms with E-state index in [9.17, 15) is 4.21 Å². The molecule has 1 atom stereocenters. The highest BCUT2D eigenvalue weighted by Crippen LogP contribution is 2.34. The highest BCUT2D eigenvalue weighted by atomic mass is 35.5. The maximum Gasteiger partial charge on any atom is 0.189 e. The van der Waals surface area contributed by atoms with Crippen LogP contribution in [0.15, 0.2) is 41.8 Å². The van der Waals surface area contributed by atoms with Crippen LogP contribution in [0.25, 0.3) is 10.6 Å². The molecule has 0 radical (unpaired) electrons. The number of ether oxygens (including phenoxy) is 3. The summed E-state index contributed by atoms with van der Waals surface area (Å²) in [5, 5.41) is 3.38. The fourth-order valence-corrected chi connectivity index (χ4v) is 5.43. The fraction of sp³-hybridized carbons (Fsp3) is 0.250. The van der Waals surface area contributed by atoms with Gasteiger partial charge in [-0.3, -0.25) is 4.21 Å². The van der Waals surface area contributed by atoms with Crippen LogP contribution in [-0.4, -0.2) is 23.1 Å². The molecule has 146 valence electrons. The molecule has 0 saturated carbocycles. The third kappa shape index (κ3) is 4.22. The Bertz CT molecular complexity index is 1020. The number of benzene rings is 2. The molecular formula is C20H18ClNO4S2. The summed E-state index contributed by atoms with van der Waals surface area (Å²) < 4.78 is 29.1. The molecule has 1 aliphatic rings. The van der Waals surface area contributed by atoms with Crippen molar-refractivity contribution in [2.75, 3.05) is 13.9 Å². The molecular weight excluding hydrogens is 418 g/mol. The Kier molecular flexibility index (Phi) is 5.96. The monoisotopic (exact) mass is 435 g/mol. The number of halogens is 1. The van der Waals surface area contributed by atoms with Crippen molar-refractivity contribution in [2.24, 2.45) is 0 Å². The van der Waals surface area contributed by atoms with Gasteiger partial charge in [-0.25, -0.2) is 4.98 Å². The van der Waals surface area contributed by atoms with E-state index in [0.717, 1.165) is 38.9 Å². The highest BCUT2D eigenvalue weighted by molar-refractivity contribution is 7.83. The van der Waals surface area contributed by atoms with Crippen molar-refractivity contribution in [1.29, 1.82) is 0 Å². The number of hydrogen-bond donors (Lipinski definition) is 0. The van der Waals surface area contributed by atoms with Gasteiger partial charge < -0.3 is 14.2 Å². The van der Waals surface area contributed by atoms with E-state index in [-0.39, 0.29) is 6.79 Å². The Balaban J connectivity index is 1.50. The smallest absolute Gasteiger partial charge is 0.189 e. The summed E-state index contributed by atoms with van der Waals surface area (Å²) >= 11 is 7.71. The maximum absolute atomic E-state index is 12.8. The Labute approximate surface area is 174 Å². The van der Waals surface area contributed by atoms with Gasteiger partial charge in [0.15, 0.2) is 6.79 Å². The summed E-state index contributed by atoms with van der Waals surface area (Å²) in [7, 11) is 0.495. The van der Waals surface area contributed by atoms with Crippen molar-refractivity contribution < 1.29 is 18.4 Å². The maximum atomic E-state index is 12.8. The van der Waals surface area contributed by atoms with E-state index in [1.54, 1.807) is 7.11 Å². The van der Waals surface area contributed by atoms with Crippen molar-refractivity contribution in [1.82, 2.24) is 4.98 Å². The van der Waals surface area contributed by atoms with E-state index in [1.165, 1.54) is 11.3 Å². The van der Waals surface area contributed by atoms with Crippen molar-refractivity contribution in [3.63, 3.8) is 0 Å². The third-order valence-electron chi connectivity index (χ3n) is 4.27. The van der Waals surface area contributed by atoms with Gasteiger partial charge in [0.25, 0.3) is 0 Å². The normalized spacial score (nSPS) is 14.2. The van der Waals surface area contributed by atoms with E-state index >= 15 is 0 Å². The Hall–Kier alpha value is -1.93. The minimum Gasteiger partial charge on any atom is -0.496 e. The van der Waals surface area contributed by atoms with Crippen LogP contribution < -0.4 is 9.47 Å². The lowest BCUT2D eigenvalue weighted by molar-refractivity contribution is -0.0169. The van der Waals surface area contributed by atoms with Gasteiger partial charge in [0.05, 0.1) is 36.5 Å². The molecule has 5 nitrogen and oxygen atoms in total. The zero-order valence-electron chi connectivity index (χ0n) is 15.1. The van der Waals surface area contributed by atoms with Crippen LogP contribution in [0.5, 0.6) is 11.5 Å². The number of para-hydroxylation sites is 1. The first kappa shape index (κ1) is 19.4. The molecule has 0 fully saturated rings. The molecule has 0 amide bonds. The Morgan fingerprint density at radius 2 is 2.14 bits per heavy atom. The predicted octanol–water partition coefficient (Wildman–Crippen LogP) is 4.79. The molecule has 2 heterocycles. The molecule has 8 heteroatoms. The summed E-state index contributed by atoms with van der Waals surface area (Å²) in [4.78, 5) is 4.64. The SMILES string of the molecule is COc1ccccc1-c1nc(C[S@](=O)Cc2cc(Cl)cc3c2OCOC3)cs1. The number of rotatable bonds is 6. The highest BCUT2D eigenvalue weighted by Gasteiger charge is 2.19. The molecule has 28 heavy (non-hydrogen) atoms. The van der Waals surface area contributed by atoms with E-state index in [4.69, 9.17) is 25.8 Å². The Morgan fingerprint density at radius 3 is 3.00 bits per heavy atom. The lowest BCUT2D eigenvalue weighted by Gasteiger charge is -2.21. The largest absolute Gasteiger partial charge is 0.496 e. The van der Waals surface area contributed by atoms with Gasteiger partial charge >= 0.3 is 0 Å². The molecule has 3 aromatic rings. The second kappa shape index (κ2) is 8.61. The van der Waals surface area contributed by atoms with Gasteiger partial charge in [-0.1, -0.05) is 23.7 Å². The lowest BCUT2D eigenvalue weighted by atomic mass is 10.1. The van der Waals surface area contributed by atoms with Gasteiger partial charge in [0.2, 0.25) is 0 Å². The molecule has 0 N–H and O–H groups in total. The van der Waals surface area contributed by atoms with Crippen LogP contribution in [0.1, 0.15) is 16.8 Å². The minimum absolute atomic E-state index is 0.197. The van der Waals surface area contributed by atoms with Crippen LogP contribution in [-0.2, 0) is 33.6 Å². The van der Waals surface area contributed by atoms with Gasteiger partial charge in [0, 0.05) is 32.3 Å². The number of hydrogen-bond acceptors (Lipinski definition) is 6. The number of aromatic nitrogens is 1. The second-order valence-electron chi connectivity index (χ2n) is 6.24. The summed E-state index contributed by atoms with van der Waals surface area (Å²) in [5.41, 5.74) is 3.45. The molecule has 1 aromatic heterocycles. The molecule has 4 rings (SSSR count). The standard InChI is InChI=1S/C20H18ClNO4S2/c1-24-18-5-3-2-4-17(18)20-22-16(9-27-20)11-28(23)10-14-7-15(21)6-13-8-25-12-26-19(13)14/h2-7,9H,8,10-12H2,1H3/t28-/m1/s1.